The van der Waals surface area contributed by atoms with Crippen LogP contribution in [0.2, 0.25) is 0 Å². The van der Waals surface area contributed by atoms with Crippen molar-refractivity contribution in [3.8, 4) is 5.95 Å². The van der Waals surface area contributed by atoms with Crippen molar-refractivity contribution in [1.82, 2.24) is 5.27 Å². The molecule has 1 amide bonds. The third kappa shape index (κ3) is 2.57. The Labute approximate surface area is 91.1 Å². The van der Waals surface area contributed by atoms with E-state index >= 15 is 0 Å². The molecule has 1 aromatic heterocycles. The van der Waals surface area contributed by atoms with Crippen LogP contribution < -0.4 is 15.1 Å². The van der Waals surface area contributed by atoms with Gasteiger partial charge in [-0.3, -0.25) is 4.79 Å². The van der Waals surface area contributed by atoms with Crippen molar-refractivity contribution in [2.75, 3.05) is 5.32 Å². The Bertz CT molecular complexity index is 481. The summed E-state index contributed by atoms with van der Waals surface area (Å²) in [5.41, 5.74) is 0.693. The minimum absolute atomic E-state index is 0.0549. The highest BCUT2D eigenvalue weighted by Gasteiger charge is 2.11. The van der Waals surface area contributed by atoms with Gasteiger partial charge in [0.05, 0.1) is 5.27 Å². The summed E-state index contributed by atoms with van der Waals surface area (Å²) in [4.78, 5) is 11.5. The van der Waals surface area contributed by atoms with Gasteiger partial charge >= 0.3 is 0 Å². The molecule has 0 aliphatic carbocycles. The van der Waals surface area contributed by atoms with E-state index in [1.807, 2.05) is 18.2 Å². The fourth-order valence-corrected chi connectivity index (χ4v) is 1.21. The third-order valence-electron chi connectivity index (χ3n) is 1.85. The maximum atomic E-state index is 11.5. The molecule has 0 radical (unpaired) electrons. The van der Waals surface area contributed by atoms with E-state index in [9.17, 15) is 9.90 Å². The standard InChI is InChI=1S/C10H9N3O3/c14-9(6-13-7-10(15)16-12-13)11-8-4-2-1-3-5-8/h1-5,7H,6H2,(H-,11,12,14,15). The molecule has 82 valence electrons. The fraction of sp³-hybridized carbons (Fsp3) is 0.100. The molecule has 0 saturated carbocycles. The molecule has 0 spiro atoms. The third-order valence-corrected chi connectivity index (χ3v) is 1.85. The van der Waals surface area contributed by atoms with E-state index in [1.165, 1.54) is 0 Å². The normalized spacial score (nSPS) is 10.0. The summed E-state index contributed by atoms with van der Waals surface area (Å²) < 4.78 is 5.43. The second-order valence-corrected chi connectivity index (χ2v) is 3.13. The van der Waals surface area contributed by atoms with Gasteiger partial charge in [-0.15, -0.1) is 0 Å². The van der Waals surface area contributed by atoms with E-state index in [2.05, 4.69) is 15.1 Å². The number of anilines is 1. The summed E-state index contributed by atoms with van der Waals surface area (Å²) >= 11 is 0. The molecule has 1 N–H and O–H groups in total. The molecule has 0 unspecified atom stereocenters. The highest BCUT2D eigenvalue weighted by atomic mass is 16.6. The Morgan fingerprint density at radius 1 is 1.44 bits per heavy atom. The van der Waals surface area contributed by atoms with Crippen LogP contribution in [0.25, 0.3) is 0 Å². The minimum Gasteiger partial charge on any atom is -0.539 e. The van der Waals surface area contributed by atoms with E-state index in [0.29, 0.717) is 5.69 Å². The van der Waals surface area contributed by atoms with E-state index in [0.717, 1.165) is 10.9 Å². The van der Waals surface area contributed by atoms with E-state index in [4.69, 9.17) is 0 Å². The molecular weight excluding hydrogens is 210 g/mol. The van der Waals surface area contributed by atoms with Crippen molar-refractivity contribution in [3.05, 3.63) is 36.5 Å². The summed E-state index contributed by atoms with van der Waals surface area (Å²) in [5, 5.41) is 16.7. The van der Waals surface area contributed by atoms with Gasteiger partial charge in [0.25, 0.3) is 12.5 Å². The number of aromatic nitrogens is 2. The van der Waals surface area contributed by atoms with Gasteiger partial charge in [0.15, 0.2) is 0 Å². The lowest BCUT2D eigenvalue weighted by molar-refractivity contribution is -0.750. The fourth-order valence-electron chi connectivity index (χ4n) is 1.21. The van der Waals surface area contributed by atoms with E-state index < -0.39 is 5.95 Å². The maximum absolute atomic E-state index is 11.5. The van der Waals surface area contributed by atoms with Crippen LogP contribution in [0.3, 0.4) is 0 Å². The Kier molecular flexibility index (Phi) is 2.81. The van der Waals surface area contributed by atoms with Crippen molar-refractivity contribution in [2.45, 2.75) is 6.54 Å². The zero-order chi connectivity index (χ0) is 11.4. The largest absolute Gasteiger partial charge is 0.539 e. The van der Waals surface area contributed by atoms with Crippen molar-refractivity contribution in [1.29, 1.82) is 0 Å². The van der Waals surface area contributed by atoms with Gasteiger partial charge < -0.3 is 14.9 Å². The van der Waals surface area contributed by atoms with Crippen LogP contribution in [-0.2, 0) is 11.3 Å². The molecular formula is C10H9N3O3. The number of hydrogen-bond donors (Lipinski definition) is 1. The topological polar surface area (TPSA) is 82.1 Å². The first kappa shape index (κ1) is 10.2. The molecule has 0 aliphatic rings. The number of nitrogens with zero attached hydrogens (tertiary/aromatic N) is 2. The van der Waals surface area contributed by atoms with Crippen LogP contribution >= 0.6 is 0 Å². The van der Waals surface area contributed by atoms with Crippen molar-refractivity contribution in [2.24, 2.45) is 0 Å². The van der Waals surface area contributed by atoms with Crippen LogP contribution in [0.15, 0.2) is 41.1 Å². The molecule has 6 heteroatoms. The first-order valence-corrected chi connectivity index (χ1v) is 4.62. The number of benzene rings is 1. The van der Waals surface area contributed by atoms with Crippen LogP contribution in [0.4, 0.5) is 5.69 Å². The molecule has 1 heterocycles. The van der Waals surface area contributed by atoms with Crippen LogP contribution in [0.5, 0.6) is 5.95 Å². The monoisotopic (exact) mass is 219 g/mol. The Hall–Kier alpha value is -2.37. The molecule has 0 saturated heterocycles. The second-order valence-electron chi connectivity index (χ2n) is 3.13. The SMILES string of the molecule is O=C(C[n+]1cc([O-])on1)Nc1ccccc1. The van der Waals surface area contributed by atoms with Crippen molar-refractivity contribution >= 4 is 11.6 Å². The Morgan fingerprint density at radius 3 is 2.81 bits per heavy atom. The highest BCUT2D eigenvalue weighted by Crippen LogP contribution is 2.04. The lowest BCUT2D eigenvalue weighted by Crippen LogP contribution is -2.41. The molecule has 6 nitrogen and oxygen atoms in total. The molecule has 2 aromatic rings. The average Bonchev–Trinajstić information content (AvgIpc) is 2.65. The van der Waals surface area contributed by atoms with Gasteiger partial charge in [-0.25, -0.2) is 0 Å². The predicted octanol–water partition coefficient (Wildman–Crippen LogP) is -0.326. The highest BCUT2D eigenvalue weighted by molar-refractivity contribution is 5.89. The van der Waals surface area contributed by atoms with Gasteiger partial charge in [0.2, 0.25) is 6.20 Å². The summed E-state index contributed by atoms with van der Waals surface area (Å²) in [6.45, 7) is -0.0549. The van der Waals surface area contributed by atoms with Gasteiger partial charge in [0.1, 0.15) is 5.95 Å². The molecule has 2 rings (SSSR count). The molecule has 1 aromatic carbocycles. The average molecular weight is 219 g/mol. The minimum atomic E-state index is -0.576. The number of amides is 1. The smallest absolute Gasteiger partial charge is 0.292 e. The first-order chi connectivity index (χ1) is 7.74. The number of rotatable bonds is 3. The summed E-state index contributed by atoms with van der Waals surface area (Å²) in [6, 6.07) is 9.02. The Balaban J connectivity index is 1.95. The first-order valence-electron chi connectivity index (χ1n) is 4.62. The summed E-state index contributed by atoms with van der Waals surface area (Å²) in [6.07, 6.45) is 1.12. The molecule has 0 atom stereocenters. The van der Waals surface area contributed by atoms with Gasteiger partial charge in [-0.05, 0) is 12.1 Å². The number of carbonyl (C=O) groups is 1. The number of para-hydroxylation sites is 1. The predicted molar refractivity (Wildman–Crippen MR) is 51.2 cm³/mol. The quantitative estimate of drug-likeness (QED) is 0.717. The van der Waals surface area contributed by atoms with E-state index in [-0.39, 0.29) is 12.5 Å². The van der Waals surface area contributed by atoms with E-state index in [1.54, 1.807) is 12.1 Å². The summed E-state index contributed by atoms with van der Waals surface area (Å²) in [7, 11) is 0. The zero-order valence-electron chi connectivity index (χ0n) is 8.29. The number of hydrogen-bond acceptors (Lipinski definition) is 4. The lowest BCUT2D eigenvalue weighted by Gasteiger charge is -2.00. The maximum Gasteiger partial charge on any atom is 0.292 e. The van der Waals surface area contributed by atoms with Gasteiger partial charge in [-0.1, -0.05) is 22.9 Å². The van der Waals surface area contributed by atoms with Gasteiger partial charge in [0, 0.05) is 5.69 Å². The van der Waals surface area contributed by atoms with Crippen LogP contribution in [-0.4, -0.2) is 11.2 Å². The van der Waals surface area contributed by atoms with Crippen molar-refractivity contribution in [3.63, 3.8) is 0 Å². The van der Waals surface area contributed by atoms with Crippen LogP contribution in [0, 0.1) is 0 Å². The molecule has 16 heavy (non-hydrogen) atoms. The number of carbonyl (C=O) groups excluding carboxylic acids is 1. The number of nitrogens with one attached hydrogen (secondary N) is 1. The second kappa shape index (κ2) is 4.43. The molecule has 0 aliphatic heterocycles. The van der Waals surface area contributed by atoms with Gasteiger partial charge in [-0.2, -0.15) is 0 Å². The summed E-state index contributed by atoms with van der Waals surface area (Å²) in [5.74, 6) is -0.850. The lowest BCUT2D eigenvalue weighted by atomic mass is 10.3. The zero-order valence-corrected chi connectivity index (χ0v) is 8.29. The van der Waals surface area contributed by atoms with Crippen molar-refractivity contribution < 1.29 is 19.1 Å². The molecule has 0 fully saturated rings. The van der Waals surface area contributed by atoms with Crippen LogP contribution in [0.1, 0.15) is 0 Å². The Morgan fingerprint density at radius 2 is 2.19 bits per heavy atom. The molecule has 0 bridgehead atoms.